The van der Waals surface area contributed by atoms with Gasteiger partial charge in [-0.1, -0.05) is 42.0 Å². The van der Waals surface area contributed by atoms with Gasteiger partial charge in [0.1, 0.15) is 0 Å². The molecule has 2 aromatic rings. The van der Waals surface area contributed by atoms with Crippen LogP contribution in [0.4, 0.5) is 5.69 Å². The van der Waals surface area contributed by atoms with E-state index in [2.05, 4.69) is 43.4 Å². The normalized spacial score (nSPS) is 13.7. The van der Waals surface area contributed by atoms with Gasteiger partial charge >= 0.3 is 0 Å². The third-order valence-corrected chi connectivity index (χ3v) is 3.66. The van der Waals surface area contributed by atoms with Gasteiger partial charge in [-0.2, -0.15) is 0 Å². The maximum Gasteiger partial charge on any atom is 0.269 e. The van der Waals surface area contributed by atoms with Crippen LogP contribution in [-0.4, -0.2) is 4.92 Å². The van der Waals surface area contributed by atoms with Crippen molar-refractivity contribution in [2.45, 2.75) is 32.9 Å². The van der Waals surface area contributed by atoms with Gasteiger partial charge in [-0.25, -0.2) is 0 Å². The highest BCUT2D eigenvalue weighted by Crippen LogP contribution is 2.22. The molecule has 1 N–H and O–H groups in total. The Bertz CT molecular complexity index is 623. The molecule has 4 nitrogen and oxygen atoms in total. The Morgan fingerprint density at radius 3 is 2.24 bits per heavy atom. The molecule has 0 saturated carbocycles. The molecule has 0 amide bonds. The van der Waals surface area contributed by atoms with Crippen molar-refractivity contribution in [3.63, 3.8) is 0 Å². The van der Waals surface area contributed by atoms with Gasteiger partial charge in [-0.3, -0.25) is 10.1 Å². The Hall–Kier alpha value is -2.20. The van der Waals surface area contributed by atoms with Crippen LogP contribution in [0.15, 0.2) is 48.5 Å². The fraction of sp³-hybridized carbons (Fsp3) is 0.294. The Morgan fingerprint density at radius 1 is 1.00 bits per heavy atom. The molecule has 0 heterocycles. The lowest BCUT2D eigenvalue weighted by Gasteiger charge is -2.21. The van der Waals surface area contributed by atoms with E-state index in [0.29, 0.717) is 0 Å². The topological polar surface area (TPSA) is 55.2 Å². The number of hydrogen-bond donors (Lipinski definition) is 1. The number of nitro groups is 1. The molecule has 4 heteroatoms. The van der Waals surface area contributed by atoms with Crippen LogP contribution in [0.5, 0.6) is 0 Å². The quantitative estimate of drug-likeness (QED) is 0.657. The average molecular weight is 284 g/mol. The standard InChI is InChI=1S/C17H20N2O2/c1-12-7-9-15(10-8-12)13(2)18-14(3)16-5-4-6-17(11-16)19(20)21/h4-11,13-14,18H,1-3H3/t13-,14?/m1/s1. The van der Waals surface area contributed by atoms with Gasteiger partial charge in [0.25, 0.3) is 5.69 Å². The number of nitrogens with one attached hydrogen (secondary N) is 1. The molecule has 0 bridgehead atoms. The van der Waals surface area contributed by atoms with Gasteiger partial charge in [0.05, 0.1) is 4.92 Å². The lowest BCUT2D eigenvalue weighted by molar-refractivity contribution is -0.384. The minimum absolute atomic E-state index is 0.0428. The summed E-state index contributed by atoms with van der Waals surface area (Å²) in [5.41, 5.74) is 3.49. The number of non-ortho nitro benzene ring substituents is 1. The van der Waals surface area contributed by atoms with Gasteiger partial charge in [-0.05, 0) is 31.9 Å². The second-order valence-corrected chi connectivity index (χ2v) is 5.37. The summed E-state index contributed by atoms with van der Waals surface area (Å²) in [6, 6.07) is 15.4. The number of aryl methyl sites for hydroxylation is 1. The number of benzene rings is 2. The van der Waals surface area contributed by atoms with Crippen molar-refractivity contribution in [3.8, 4) is 0 Å². The van der Waals surface area contributed by atoms with Crippen LogP contribution < -0.4 is 5.32 Å². The molecule has 2 rings (SSSR count). The highest BCUT2D eigenvalue weighted by Gasteiger charge is 2.13. The second-order valence-electron chi connectivity index (χ2n) is 5.37. The zero-order valence-electron chi connectivity index (χ0n) is 12.5. The van der Waals surface area contributed by atoms with Crippen LogP contribution in [-0.2, 0) is 0 Å². The molecule has 1 unspecified atom stereocenters. The Balaban J connectivity index is 2.10. The summed E-state index contributed by atoms with van der Waals surface area (Å²) in [4.78, 5) is 10.5. The lowest BCUT2D eigenvalue weighted by atomic mass is 10.0. The molecule has 21 heavy (non-hydrogen) atoms. The molecule has 0 radical (unpaired) electrons. The van der Waals surface area contributed by atoms with Crippen molar-refractivity contribution < 1.29 is 4.92 Å². The maximum absolute atomic E-state index is 10.8. The van der Waals surface area contributed by atoms with E-state index in [1.54, 1.807) is 12.1 Å². The first-order valence-electron chi connectivity index (χ1n) is 7.04. The van der Waals surface area contributed by atoms with E-state index in [1.807, 2.05) is 13.0 Å². The van der Waals surface area contributed by atoms with Crippen molar-refractivity contribution in [3.05, 3.63) is 75.3 Å². The van der Waals surface area contributed by atoms with Crippen LogP contribution in [0.1, 0.15) is 42.6 Å². The van der Waals surface area contributed by atoms with E-state index in [4.69, 9.17) is 0 Å². The van der Waals surface area contributed by atoms with E-state index in [1.165, 1.54) is 17.2 Å². The first kappa shape index (κ1) is 15.2. The number of nitrogens with zero attached hydrogens (tertiary/aromatic N) is 1. The molecule has 110 valence electrons. The summed E-state index contributed by atoms with van der Waals surface area (Å²) < 4.78 is 0. The smallest absolute Gasteiger partial charge is 0.269 e. The fourth-order valence-electron chi connectivity index (χ4n) is 2.33. The molecule has 0 aliphatic carbocycles. The van der Waals surface area contributed by atoms with Gasteiger partial charge in [0.15, 0.2) is 0 Å². The number of hydrogen-bond acceptors (Lipinski definition) is 3. The monoisotopic (exact) mass is 284 g/mol. The van der Waals surface area contributed by atoms with Gasteiger partial charge < -0.3 is 5.32 Å². The van der Waals surface area contributed by atoms with E-state index >= 15 is 0 Å². The van der Waals surface area contributed by atoms with Crippen molar-refractivity contribution in [2.24, 2.45) is 0 Å². The molecule has 2 aromatic carbocycles. The number of nitro benzene ring substituents is 1. The summed E-state index contributed by atoms with van der Waals surface area (Å²) in [6.07, 6.45) is 0. The molecule has 0 aromatic heterocycles. The van der Waals surface area contributed by atoms with E-state index in [-0.39, 0.29) is 22.7 Å². The minimum Gasteiger partial charge on any atom is -0.304 e. The van der Waals surface area contributed by atoms with Gasteiger partial charge in [0.2, 0.25) is 0 Å². The fourth-order valence-corrected chi connectivity index (χ4v) is 2.33. The highest BCUT2D eigenvalue weighted by molar-refractivity contribution is 5.35. The van der Waals surface area contributed by atoms with Gasteiger partial charge in [-0.15, -0.1) is 0 Å². The summed E-state index contributed by atoms with van der Waals surface area (Å²) in [6.45, 7) is 6.18. The molecular formula is C17H20N2O2. The Kier molecular flexibility index (Phi) is 4.70. The van der Waals surface area contributed by atoms with Crippen LogP contribution >= 0.6 is 0 Å². The largest absolute Gasteiger partial charge is 0.304 e. The summed E-state index contributed by atoms with van der Waals surface area (Å²) in [7, 11) is 0. The van der Waals surface area contributed by atoms with Crippen molar-refractivity contribution >= 4 is 5.69 Å². The predicted molar refractivity (Wildman–Crippen MR) is 84.2 cm³/mol. The molecule has 0 spiro atoms. The van der Waals surface area contributed by atoms with Crippen molar-refractivity contribution in [1.82, 2.24) is 5.32 Å². The molecule has 0 aliphatic heterocycles. The SMILES string of the molecule is Cc1ccc([C@@H](C)NC(C)c2cccc([N+](=O)[O-])c2)cc1. The third kappa shape index (κ3) is 3.89. The molecular weight excluding hydrogens is 264 g/mol. The summed E-state index contributed by atoms with van der Waals surface area (Å²) in [5, 5.41) is 14.3. The van der Waals surface area contributed by atoms with Crippen LogP contribution in [0, 0.1) is 17.0 Å². The summed E-state index contributed by atoms with van der Waals surface area (Å²) in [5.74, 6) is 0. The molecule has 0 fully saturated rings. The van der Waals surface area contributed by atoms with Crippen LogP contribution in [0.3, 0.4) is 0 Å². The number of rotatable bonds is 5. The molecule has 0 aliphatic rings. The van der Waals surface area contributed by atoms with Crippen molar-refractivity contribution in [2.75, 3.05) is 0 Å². The molecule has 0 saturated heterocycles. The zero-order chi connectivity index (χ0) is 15.4. The van der Waals surface area contributed by atoms with Crippen LogP contribution in [0.25, 0.3) is 0 Å². The van der Waals surface area contributed by atoms with E-state index in [0.717, 1.165) is 5.56 Å². The van der Waals surface area contributed by atoms with E-state index < -0.39 is 0 Å². The average Bonchev–Trinajstić information content (AvgIpc) is 2.48. The Labute approximate surface area is 125 Å². The highest BCUT2D eigenvalue weighted by atomic mass is 16.6. The van der Waals surface area contributed by atoms with Crippen LogP contribution in [0.2, 0.25) is 0 Å². The molecule has 2 atom stereocenters. The first-order chi connectivity index (χ1) is 9.97. The lowest BCUT2D eigenvalue weighted by Crippen LogP contribution is -2.22. The maximum atomic E-state index is 10.8. The van der Waals surface area contributed by atoms with Gasteiger partial charge in [0, 0.05) is 24.2 Å². The Morgan fingerprint density at radius 2 is 1.62 bits per heavy atom. The second kappa shape index (κ2) is 6.50. The minimum atomic E-state index is -0.361. The summed E-state index contributed by atoms with van der Waals surface area (Å²) >= 11 is 0. The predicted octanol–water partition coefficient (Wildman–Crippen LogP) is 4.32. The first-order valence-corrected chi connectivity index (χ1v) is 7.04. The third-order valence-electron chi connectivity index (χ3n) is 3.66. The van der Waals surface area contributed by atoms with E-state index in [9.17, 15) is 10.1 Å². The zero-order valence-corrected chi connectivity index (χ0v) is 12.5. The van der Waals surface area contributed by atoms with Crippen molar-refractivity contribution in [1.29, 1.82) is 0 Å².